The first-order valence-electron chi connectivity index (χ1n) is 6.00. The molecule has 1 nitrogen and oxygen atoms in total. The van der Waals surface area contributed by atoms with Gasteiger partial charge in [-0.1, -0.05) is 25.0 Å². The van der Waals surface area contributed by atoms with Crippen molar-refractivity contribution >= 4 is 11.6 Å². The van der Waals surface area contributed by atoms with Gasteiger partial charge in [-0.05, 0) is 43.9 Å². The third-order valence-corrected chi connectivity index (χ3v) is 3.11. The van der Waals surface area contributed by atoms with E-state index < -0.39 is 0 Å². The molecule has 1 aromatic rings. The Kier molecular flexibility index (Phi) is 6.32. The van der Waals surface area contributed by atoms with Crippen molar-refractivity contribution in [2.75, 3.05) is 12.5 Å². The zero-order valence-electron chi connectivity index (χ0n) is 10.3. The molecule has 0 aliphatic heterocycles. The lowest BCUT2D eigenvalue weighted by Gasteiger charge is -2.10. The van der Waals surface area contributed by atoms with Crippen molar-refractivity contribution in [3.63, 3.8) is 0 Å². The number of hydrogen-bond donors (Lipinski definition) is 0. The van der Waals surface area contributed by atoms with Crippen molar-refractivity contribution in [2.24, 2.45) is 0 Å². The molecule has 1 aromatic carbocycles. The Morgan fingerprint density at radius 2 is 1.81 bits per heavy atom. The lowest BCUT2D eigenvalue weighted by atomic mass is 10.1. The summed E-state index contributed by atoms with van der Waals surface area (Å²) >= 11 is 5.62. The Morgan fingerprint density at radius 1 is 1.06 bits per heavy atom. The summed E-state index contributed by atoms with van der Waals surface area (Å²) in [7, 11) is 0. The fourth-order valence-electron chi connectivity index (χ4n) is 1.61. The van der Waals surface area contributed by atoms with Gasteiger partial charge in [0.25, 0.3) is 0 Å². The van der Waals surface area contributed by atoms with Crippen LogP contribution in [0.4, 0.5) is 0 Å². The number of alkyl halides is 1. The van der Waals surface area contributed by atoms with Crippen molar-refractivity contribution in [3.05, 3.63) is 29.3 Å². The normalized spacial score (nSPS) is 10.4. The second-order valence-electron chi connectivity index (χ2n) is 4.15. The molecule has 0 atom stereocenters. The standard InChI is InChI=1S/C14H21ClO/c1-12-8-7-9-14(13(12)2)16-11-6-4-3-5-10-15/h7-9H,3-6,10-11H2,1-2H3. The molecule has 0 aliphatic rings. The quantitative estimate of drug-likeness (QED) is 0.504. The van der Waals surface area contributed by atoms with E-state index in [4.69, 9.17) is 16.3 Å². The molecule has 90 valence electrons. The molecule has 0 saturated heterocycles. The molecule has 0 saturated carbocycles. The van der Waals surface area contributed by atoms with Gasteiger partial charge in [-0.15, -0.1) is 11.6 Å². The minimum atomic E-state index is 0.776. The molecule has 0 heterocycles. The molecule has 0 aliphatic carbocycles. The number of ether oxygens (including phenoxy) is 1. The van der Waals surface area contributed by atoms with Gasteiger partial charge in [-0.25, -0.2) is 0 Å². The Morgan fingerprint density at radius 3 is 2.56 bits per heavy atom. The predicted molar refractivity (Wildman–Crippen MR) is 70.6 cm³/mol. The summed E-state index contributed by atoms with van der Waals surface area (Å²) < 4.78 is 5.76. The average molecular weight is 241 g/mol. The van der Waals surface area contributed by atoms with Gasteiger partial charge in [0.05, 0.1) is 6.61 Å². The minimum Gasteiger partial charge on any atom is -0.493 e. The molecule has 0 spiro atoms. The molecule has 2 heteroatoms. The summed E-state index contributed by atoms with van der Waals surface area (Å²) in [5.74, 6) is 1.80. The highest BCUT2D eigenvalue weighted by Gasteiger charge is 2.00. The van der Waals surface area contributed by atoms with Gasteiger partial charge in [0.1, 0.15) is 5.75 Å². The largest absolute Gasteiger partial charge is 0.493 e. The van der Waals surface area contributed by atoms with Gasteiger partial charge in [-0.2, -0.15) is 0 Å². The van der Waals surface area contributed by atoms with Crippen LogP contribution in [-0.4, -0.2) is 12.5 Å². The molecule has 1 rings (SSSR count). The predicted octanol–water partition coefficient (Wildman–Crippen LogP) is 4.48. The second-order valence-corrected chi connectivity index (χ2v) is 4.53. The fourth-order valence-corrected chi connectivity index (χ4v) is 1.80. The van der Waals surface area contributed by atoms with Crippen LogP contribution in [0.1, 0.15) is 36.8 Å². The van der Waals surface area contributed by atoms with Gasteiger partial charge in [-0.3, -0.25) is 0 Å². The second kappa shape index (κ2) is 7.56. The van der Waals surface area contributed by atoms with Crippen LogP contribution in [0.3, 0.4) is 0 Å². The molecule has 0 fully saturated rings. The van der Waals surface area contributed by atoms with Crippen LogP contribution in [0.5, 0.6) is 5.75 Å². The van der Waals surface area contributed by atoms with Gasteiger partial charge in [0.2, 0.25) is 0 Å². The van der Waals surface area contributed by atoms with Gasteiger partial charge in [0.15, 0.2) is 0 Å². The highest BCUT2D eigenvalue weighted by molar-refractivity contribution is 6.17. The van der Waals surface area contributed by atoms with Crippen LogP contribution in [0.25, 0.3) is 0 Å². The molecule has 0 radical (unpaired) electrons. The lowest BCUT2D eigenvalue weighted by Crippen LogP contribution is -1.99. The minimum absolute atomic E-state index is 0.776. The topological polar surface area (TPSA) is 9.23 Å². The zero-order chi connectivity index (χ0) is 11.8. The van der Waals surface area contributed by atoms with E-state index in [1.54, 1.807) is 0 Å². The van der Waals surface area contributed by atoms with Crippen LogP contribution >= 0.6 is 11.6 Å². The summed E-state index contributed by atoms with van der Waals surface area (Å²) in [4.78, 5) is 0. The zero-order valence-corrected chi connectivity index (χ0v) is 11.0. The number of aryl methyl sites for hydroxylation is 1. The third-order valence-electron chi connectivity index (χ3n) is 2.84. The van der Waals surface area contributed by atoms with Gasteiger partial charge >= 0.3 is 0 Å². The lowest BCUT2D eigenvalue weighted by molar-refractivity contribution is 0.303. The third kappa shape index (κ3) is 4.44. The fraction of sp³-hybridized carbons (Fsp3) is 0.571. The van der Waals surface area contributed by atoms with Crippen LogP contribution in [0, 0.1) is 13.8 Å². The summed E-state index contributed by atoms with van der Waals surface area (Å²) in [5, 5.41) is 0. The maximum atomic E-state index is 5.76. The summed E-state index contributed by atoms with van der Waals surface area (Å²) in [5.41, 5.74) is 2.54. The smallest absolute Gasteiger partial charge is 0.122 e. The van der Waals surface area contributed by atoms with E-state index in [1.807, 2.05) is 12.1 Å². The molecular weight excluding hydrogens is 220 g/mol. The van der Waals surface area contributed by atoms with E-state index in [2.05, 4.69) is 19.9 Å². The van der Waals surface area contributed by atoms with E-state index >= 15 is 0 Å². The first kappa shape index (κ1) is 13.4. The average Bonchev–Trinajstić information content (AvgIpc) is 2.29. The van der Waals surface area contributed by atoms with E-state index in [9.17, 15) is 0 Å². The van der Waals surface area contributed by atoms with Crippen molar-refractivity contribution in [3.8, 4) is 5.75 Å². The molecule has 0 aromatic heterocycles. The molecule has 0 N–H and O–H groups in total. The van der Waals surface area contributed by atoms with E-state index in [-0.39, 0.29) is 0 Å². The van der Waals surface area contributed by atoms with Crippen LogP contribution in [0.15, 0.2) is 18.2 Å². The Labute approximate surface area is 104 Å². The summed E-state index contributed by atoms with van der Waals surface area (Å²) in [6.07, 6.45) is 4.65. The Hall–Kier alpha value is -0.690. The number of halogens is 1. The number of benzene rings is 1. The van der Waals surface area contributed by atoms with Gasteiger partial charge in [0, 0.05) is 5.88 Å². The number of hydrogen-bond acceptors (Lipinski definition) is 1. The molecule has 0 amide bonds. The molecule has 0 bridgehead atoms. The van der Waals surface area contributed by atoms with Crippen LogP contribution < -0.4 is 4.74 Å². The van der Waals surface area contributed by atoms with Crippen molar-refractivity contribution in [2.45, 2.75) is 39.5 Å². The summed E-state index contributed by atoms with van der Waals surface area (Å²) in [6.45, 7) is 5.04. The maximum Gasteiger partial charge on any atom is 0.122 e. The van der Waals surface area contributed by atoms with Crippen molar-refractivity contribution in [1.82, 2.24) is 0 Å². The Bertz CT molecular complexity index is 310. The van der Waals surface area contributed by atoms with E-state index in [0.717, 1.165) is 31.1 Å². The van der Waals surface area contributed by atoms with E-state index in [0.29, 0.717) is 0 Å². The number of unbranched alkanes of at least 4 members (excludes halogenated alkanes) is 3. The maximum absolute atomic E-state index is 5.76. The molecule has 16 heavy (non-hydrogen) atoms. The van der Waals surface area contributed by atoms with Crippen LogP contribution in [0.2, 0.25) is 0 Å². The van der Waals surface area contributed by atoms with Crippen molar-refractivity contribution in [1.29, 1.82) is 0 Å². The SMILES string of the molecule is Cc1cccc(OCCCCCCCl)c1C. The van der Waals surface area contributed by atoms with Crippen LogP contribution in [-0.2, 0) is 0 Å². The number of rotatable bonds is 7. The first-order valence-corrected chi connectivity index (χ1v) is 6.54. The van der Waals surface area contributed by atoms with E-state index in [1.165, 1.54) is 24.0 Å². The summed E-state index contributed by atoms with van der Waals surface area (Å²) in [6, 6.07) is 6.20. The highest BCUT2D eigenvalue weighted by atomic mass is 35.5. The molecular formula is C14H21ClO. The van der Waals surface area contributed by atoms with Gasteiger partial charge < -0.3 is 4.74 Å². The highest BCUT2D eigenvalue weighted by Crippen LogP contribution is 2.20. The molecule has 0 unspecified atom stereocenters. The first-order chi connectivity index (χ1) is 7.75. The van der Waals surface area contributed by atoms with Crippen molar-refractivity contribution < 1.29 is 4.74 Å². The Balaban J connectivity index is 2.24. The monoisotopic (exact) mass is 240 g/mol.